The number of carbonyl (C=O) groups is 1. The molecule has 1 fully saturated rings. The first-order valence-electron chi connectivity index (χ1n) is 8.82. The Hall–Kier alpha value is -2.24. The van der Waals surface area contributed by atoms with Crippen molar-refractivity contribution in [1.82, 2.24) is 0 Å². The number of rotatable bonds is 6. The van der Waals surface area contributed by atoms with Crippen LogP contribution in [0.2, 0.25) is 5.02 Å². The second-order valence-corrected chi connectivity index (χ2v) is 6.49. The number of ether oxygens (including phenoxy) is 2. The molecule has 0 aromatic heterocycles. The number of hydrogen-bond donors (Lipinski definition) is 1. The van der Waals surface area contributed by atoms with Crippen LogP contribution in [-0.2, 0) is 9.53 Å². The topological polar surface area (TPSA) is 50.8 Å². The number of morpholine rings is 1. The van der Waals surface area contributed by atoms with E-state index in [1.165, 1.54) is 0 Å². The molecule has 26 heavy (non-hydrogen) atoms. The van der Waals surface area contributed by atoms with Gasteiger partial charge in [0.2, 0.25) is 0 Å². The standard InChI is InChI=1S/C20H23ClN2O3/c1-2-18(26-19-6-4-3-5-17(19)21)20(24)22-15-7-9-16(10-8-15)23-11-13-25-14-12-23/h3-10,18H,2,11-14H2,1H3,(H,22,24)/t18-/m1/s1. The van der Waals surface area contributed by atoms with E-state index >= 15 is 0 Å². The van der Waals surface area contributed by atoms with E-state index in [9.17, 15) is 4.79 Å². The van der Waals surface area contributed by atoms with E-state index in [0.29, 0.717) is 17.2 Å². The van der Waals surface area contributed by atoms with Gasteiger partial charge in [-0.1, -0.05) is 30.7 Å². The quantitative estimate of drug-likeness (QED) is 0.831. The lowest BCUT2D eigenvalue weighted by atomic mass is 10.2. The van der Waals surface area contributed by atoms with E-state index in [1.54, 1.807) is 12.1 Å². The van der Waals surface area contributed by atoms with E-state index in [2.05, 4.69) is 10.2 Å². The molecule has 1 saturated heterocycles. The first kappa shape index (κ1) is 18.5. The van der Waals surface area contributed by atoms with Crippen molar-refractivity contribution < 1.29 is 14.3 Å². The minimum absolute atomic E-state index is 0.188. The van der Waals surface area contributed by atoms with Gasteiger partial charge in [-0.05, 0) is 42.8 Å². The fraction of sp³-hybridized carbons (Fsp3) is 0.350. The molecule has 0 aliphatic carbocycles. The van der Waals surface area contributed by atoms with Gasteiger partial charge in [-0.15, -0.1) is 0 Å². The average Bonchev–Trinajstić information content (AvgIpc) is 2.68. The highest BCUT2D eigenvalue weighted by Gasteiger charge is 2.20. The van der Waals surface area contributed by atoms with Gasteiger partial charge in [0, 0.05) is 24.5 Å². The summed E-state index contributed by atoms with van der Waals surface area (Å²) in [6.45, 7) is 5.17. The van der Waals surface area contributed by atoms with Crippen LogP contribution < -0.4 is 15.0 Å². The van der Waals surface area contributed by atoms with E-state index in [1.807, 2.05) is 43.3 Å². The van der Waals surface area contributed by atoms with Crippen molar-refractivity contribution in [2.75, 3.05) is 36.5 Å². The average molecular weight is 375 g/mol. The highest BCUT2D eigenvalue weighted by atomic mass is 35.5. The van der Waals surface area contributed by atoms with Crippen LogP contribution in [0.4, 0.5) is 11.4 Å². The summed E-state index contributed by atoms with van der Waals surface area (Å²) in [6.07, 6.45) is -0.0584. The monoisotopic (exact) mass is 374 g/mol. The summed E-state index contributed by atoms with van der Waals surface area (Å²) >= 11 is 6.11. The van der Waals surface area contributed by atoms with Crippen LogP contribution in [0.25, 0.3) is 0 Å². The predicted octanol–water partition coefficient (Wildman–Crippen LogP) is 3.97. The van der Waals surface area contributed by atoms with E-state index in [4.69, 9.17) is 21.1 Å². The van der Waals surface area contributed by atoms with Crippen LogP contribution in [0.15, 0.2) is 48.5 Å². The molecule has 0 spiro atoms. The predicted molar refractivity (Wildman–Crippen MR) is 104 cm³/mol. The summed E-state index contributed by atoms with van der Waals surface area (Å²) in [5.74, 6) is 0.324. The van der Waals surface area contributed by atoms with Crippen molar-refractivity contribution in [1.29, 1.82) is 0 Å². The molecule has 0 unspecified atom stereocenters. The minimum Gasteiger partial charge on any atom is -0.479 e. The number of amides is 1. The number of para-hydroxylation sites is 1. The van der Waals surface area contributed by atoms with Crippen molar-refractivity contribution in [3.63, 3.8) is 0 Å². The SMILES string of the molecule is CC[C@@H](Oc1ccccc1Cl)C(=O)Nc1ccc(N2CCOCC2)cc1. The molecular formula is C20H23ClN2O3. The van der Waals surface area contributed by atoms with Gasteiger partial charge in [0.25, 0.3) is 5.91 Å². The summed E-state index contributed by atoms with van der Waals surface area (Å²) < 4.78 is 11.2. The zero-order valence-corrected chi connectivity index (χ0v) is 15.5. The summed E-state index contributed by atoms with van der Waals surface area (Å²) in [7, 11) is 0. The zero-order valence-electron chi connectivity index (χ0n) is 14.8. The summed E-state index contributed by atoms with van der Waals surface area (Å²) in [4.78, 5) is 14.8. The largest absolute Gasteiger partial charge is 0.479 e. The van der Waals surface area contributed by atoms with Crippen molar-refractivity contribution in [2.24, 2.45) is 0 Å². The fourth-order valence-electron chi connectivity index (χ4n) is 2.82. The Balaban J connectivity index is 1.61. The Bertz CT molecular complexity index is 730. The third-order valence-corrected chi connectivity index (χ3v) is 4.59. The van der Waals surface area contributed by atoms with Gasteiger partial charge < -0.3 is 19.7 Å². The van der Waals surface area contributed by atoms with Crippen molar-refractivity contribution >= 4 is 28.9 Å². The molecule has 1 N–H and O–H groups in total. The van der Waals surface area contributed by atoms with E-state index in [0.717, 1.165) is 37.7 Å². The normalized spacial score (nSPS) is 15.4. The Morgan fingerprint density at radius 3 is 2.54 bits per heavy atom. The molecule has 1 heterocycles. The van der Waals surface area contributed by atoms with Crippen molar-refractivity contribution in [3.8, 4) is 5.75 Å². The number of nitrogens with zero attached hydrogens (tertiary/aromatic N) is 1. The van der Waals surface area contributed by atoms with Gasteiger partial charge in [-0.2, -0.15) is 0 Å². The number of hydrogen-bond acceptors (Lipinski definition) is 4. The molecule has 0 bridgehead atoms. The van der Waals surface area contributed by atoms with E-state index in [-0.39, 0.29) is 5.91 Å². The highest BCUT2D eigenvalue weighted by Crippen LogP contribution is 2.25. The Labute approximate surface area is 158 Å². The van der Waals surface area contributed by atoms with Crippen LogP contribution in [0.1, 0.15) is 13.3 Å². The molecule has 1 aliphatic heterocycles. The minimum atomic E-state index is -0.603. The lowest BCUT2D eigenvalue weighted by molar-refractivity contribution is -0.122. The maximum absolute atomic E-state index is 12.5. The summed E-state index contributed by atoms with van der Waals surface area (Å²) in [6, 6.07) is 15.0. The Kier molecular flexibility index (Phi) is 6.36. The Morgan fingerprint density at radius 1 is 1.19 bits per heavy atom. The van der Waals surface area contributed by atoms with Gasteiger partial charge >= 0.3 is 0 Å². The molecule has 138 valence electrons. The molecule has 1 amide bonds. The van der Waals surface area contributed by atoms with Crippen molar-refractivity contribution in [3.05, 3.63) is 53.6 Å². The molecule has 2 aromatic rings. The molecule has 0 radical (unpaired) electrons. The molecule has 3 rings (SSSR count). The van der Waals surface area contributed by atoms with Crippen LogP contribution in [0, 0.1) is 0 Å². The molecule has 2 aromatic carbocycles. The summed E-state index contributed by atoms with van der Waals surface area (Å²) in [5.41, 5.74) is 1.87. The third-order valence-electron chi connectivity index (χ3n) is 4.28. The number of nitrogens with one attached hydrogen (secondary N) is 1. The maximum Gasteiger partial charge on any atom is 0.265 e. The van der Waals surface area contributed by atoms with Crippen LogP contribution in [0.3, 0.4) is 0 Å². The lowest BCUT2D eigenvalue weighted by Crippen LogP contribution is -2.36. The molecule has 1 aliphatic rings. The van der Waals surface area contributed by atoms with Gasteiger partial charge in [0.1, 0.15) is 5.75 Å². The summed E-state index contributed by atoms with van der Waals surface area (Å²) in [5, 5.41) is 3.41. The Morgan fingerprint density at radius 2 is 1.88 bits per heavy atom. The van der Waals surface area contributed by atoms with Crippen molar-refractivity contribution in [2.45, 2.75) is 19.4 Å². The fourth-order valence-corrected chi connectivity index (χ4v) is 3.00. The smallest absolute Gasteiger partial charge is 0.265 e. The molecule has 1 atom stereocenters. The van der Waals surface area contributed by atoms with Crippen LogP contribution in [-0.4, -0.2) is 38.3 Å². The van der Waals surface area contributed by atoms with Gasteiger partial charge in [-0.25, -0.2) is 0 Å². The van der Waals surface area contributed by atoms with Gasteiger partial charge in [0.05, 0.1) is 18.2 Å². The second kappa shape index (κ2) is 8.92. The number of anilines is 2. The van der Waals surface area contributed by atoms with Gasteiger partial charge in [-0.3, -0.25) is 4.79 Å². The first-order valence-corrected chi connectivity index (χ1v) is 9.20. The highest BCUT2D eigenvalue weighted by molar-refractivity contribution is 6.32. The molecule has 6 heteroatoms. The van der Waals surface area contributed by atoms with E-state index < -0.39 is 6.10 Å². The number of benzene rings is 2. The number of carbonyl (C=O) groups excluding carboxylic acids is 1. The van der Waals surface area contributed by atoms with Crippen LogP contribution in [0.5, 0.6) is 5.75 Å². The molecule has 5 nitrogen and oxygen atoms in total. The third kappa shape index (κ3) is 4.68. The van der Waals surface area contributed by atoms with Crippen LogP contribution >= 0.6 is 11.6 Å². The first-order chi connectivity index (χ1) is 12.7. The molecule has 0 saturated carbocycles. The molecular weight excluding hydrogens is 352 g/mol. The van der Waals surface area contributed by atoms with Gasteiger partial charge in [0.15, 0.2) is 6.10 Å². The zero-order chi connectivity index (χ0) is 18.4. The lowest BCUT2D eigenvalue weighted by Gasteiger charge is -2.29. The second-order valence-electron chi connectivity index (χ2n) is 6.08. The maximum atomic E-state index is 12.5. The number of halogens is 1.